The van der Waals surface area contributed by atoms with E-state index < -0.39 is 24.4 Å². The van der Waals surface area contributed by atoms with E-state index in [-0.39, 0.29) is 49.9 Å². The SMILES string of the molecule is C[C@H]1CN(C)C[C@@H](CO[P+](=O)N2CCO[C@H](COP(=O)(C3CCO[C@H](COP=O)C3)N(C)C)C2)O1. The van der Waals surface area contributed by atoms with Gasteiger partial charge in [0.05, 0.1) is 63.0 Å². The van der Waals surface area contributed by atoms with Gasteiger partial charge >= 0.3 is 16.9 Å². The monoisotopic (exact) mass is 558 g/mol. The van der Waals surface area contributed by atoms with E-state index in [0.29, 0.717) is 39.1 Å². The van der Waals surface area contributed by atoms with Gasteiger partial charge in [-0.15, -0.1) is 4.52 Å². The molecule has 3 unspecified atom stereocenters. The van der Waals surface area contributed by atoms with Crippen LogP contribution in [0, 0.1) is 0 Å². The van der Waals surface area contributed by atoms with Gasteiger partial charge in [-0.25, -0.2) is 9.24 Å². The second-order valence-corrected chi connectivity index (χ2v) is 14.1. The normalized spacial score (nSPS) is 33.6. The summed E-state index contributed by atoms with van der Waals surface area (Å²) in [6.45, 7) is 5.83. The molecular formula is C20H39N3O9P3+. The molecule has 0 aromatic carbocycles. The summed E-state index contributed by atoms with van der Waals surface area (Å²) in [5.41, 5.74) is -0.237. The summed E-state index contributed by atoms with van der Waals surface area (Å²) in [5.74, 6) is 0. The van der Waals surface area contributed by atoms with E-state index in [1.54, 1.807) is 23.4 Å². The third kappa shape index (κ3) is 8.81. The molecular weight excluding hydrogens is 519 g/mol. The number of nitrogens with zero attached hydrogens (tertiary/aromatic N) is 3. The van der Waals surface area contributed by atoms with E-state index in [9.17, 15) is 13.7 Å². The van der Waals surface area contributed by atoms with Gasteiger partial charge in [0, 0.05) is 19.7 Å². The Balaban J connectivity index is 1.49. The highest BCUT2D eigenvalue weighted by Gasteiger charge is 2.43. The zero-order valence-corrected chi connectivity index (χ0v) is 23.7. The predicted molar refractivity (Wildman–Crippen MR) is 130 cm³/mol. The van der Waals surface area contributed by atoms with Crippen LogP contribution in [0.5, 0.6) is 0 Å². The highest BCUT2D eigenvalue weighted by Crippen LogP contribution is 2.57. The van der Waals surface area contributed by atoms with Gasteiger partial charge in [-0.2, -0.15) is 0 Å². The maximum Gasteiger partial charge on any atom is 0.616 e. The Bertz CT molecular complexity index is 740. The third-order valence-corrected chi connectivity index (χ3v) is 10.8. The molecule has 35 heavy (non-hydrogen) atoms. The first-order valence-electron chi connectivity index (χ1n) is 12.0. The van der Waals surface area contributed by atoms with Crippen LogP contribution in [0.2, 0.25) is 0 Å². The zero-order valence-electron chi connectivity index (χ0n) is 21.0. The molecule has 0 amide bonds. The van der Waals surface area contributed by atoms with Crippen molar-refractivity contribution in [3.63, 3.8) is 0 Å². The summed E-state index contributed by atoms with van der Waals surface area (Å²) in [7, 11) is -0.129. The standard InChI is InChI=1S/C20H39N3O9P3/c1-16-10-22(4)11-19(32-16)14-30-34(25)23-6-8-28-18(12-23)15-31-35(26,21(2)3)20-5-7-27-17(9-20)13-29-33-24/h16-20H,5-15H2,1-4H3/q+1/t16-,17-,18-,19-,20?,35?/m0/s1. The highest BCUT2D eigenvalue weighted by atomic mass is 31.2. The molecule has 3 saturated heterocycles. The van der Waals surface area contributed by atoms with E-state index in [4.69, 9.17) is 27.8 Å². The van der Waals surface area contributed by atoms with Crippen LogP contribution in [0.25, 0.3) is 0 Å². The number of rotatable bonds is 12. The zero-order chi connectivity index (χ0) is 25.4. The van der Waals surface area contributed by atoms with Crippen LogP contribution < -0.4 is 0 Å². The van der Waals surface area contributed by atoms with Gasteiger partial charge in [0.2, 0.25) is 0 Å². The molecule has 0 bridgehead atoms. The Labute approximate surface area is 210 Å². The van der Waals surface area contributed by atoms with Gasteiger partial charge in [-0.3, -0.25) is 9.09 Å². The second kappa shape index (κ2) is 14.3. The number of morpholine rings is 2. The lowest BCUT2D eigenvalue weighted by molar-refractivity contribution is -0.0857. The van der Waals surface area contributed by atoms with Crippen molar-refractivity contribution in [2.24, 2.45) is 0 Å². The minimum atomic E-state index is -3.20. The molecule has 0 aromatic rings. The fourth-order valence-electron chi connectivity index (χ4n) is 4.67. The first kappa shape index (κ1) is 29.6. The van der Waals surface area contributed by atoms with Gasteiger partial charge in [0.25, 0.3) is 7.52 Å². The maximum atomic E-state index is 13.9. The quantitative estimate of drug-likeness (QED) is 0.328. The molecule has 202 valence electrons. The van der Waals surface area contributed by atoms with E-state index in [0.717, 1.165) is 13.1 Å². The Hall–Kier alpha value is 0.0700. The van der Waals surface area contributed by atoms with Crippen molar-refractivity contribution in [1.29, 1.82) is 0 Å². The van der Waals surface area contributed by atoms with Crippen LogP contribution in [0.1, 0.15) is 19.8 Å². The van der Waals surface area contributed by atoms with Gasteiger partial charge in [0.1, 0.15) is 6.61 Å². The first-order valence-corrected chi connectivity index (χ1v) is 15.5. The molecule has 0 aliphatic carbocycles. The largest absolute Gasteiger partial charge is 0.616 e. The molecule has 3 heterocycles. The molecule has 0 saturated carbocycles. The molecule has 3 rings (SSSR count). The van der Waals surface area contributed by atoms with Crippen molar-refractivity contribution in [2.45, 2.75) is 49.8 Å². The van der Waals surface area contributed by atoms with Gasteiger partial charge in [-0.05, 0) is 45.5 Å². The van der Waals surface area contributed by atoms with Crippen molar-refractivity contribution in [3.05, 3.63) is 0 Å². The number of hydrogen-bond acceptors (Lipinski definition) is 10. The van der Waals surface area contributed by atoms with Crippen LogP contribution in [-0.2, 0) is 41.5 Å². The Morgan fingerprint density at radius 3 is 2.57 bits per heavy atom. The summed E-state index contributed by atoms with van der Waals surface area (Å²) in [4.78, 5) is 2.18. The Morgan fingerprint density at radius 1 is 1.09 bits per heavy atom. The molecule has 3 aliphatic rings. The van der Waals surface area contributed by atoms with Crippen molar-refractivity contribution >= 4 is 24.4 Å². The van der Waals surface area contributed by atoms with Crippen LogP contribution in [-0.4, -0.2) is 125 Å². The molecule has 0 N–H and O–H groups in total. The number of hydrogen-bond donors (Lipinski definition) is 0. The van der Waals surface area contributed by atoms with E-state index >= 15 is 0 Å². The fraction of sp³-hybridized carbons (Fsp3) is 1.00. The summed E-state index contributed by atoms with van der Waals surface area (Å²) >= 11 is 0. The molecule has 3 fully saturated rings. The summed E-state index contributed by atoms with van der Waals surface area (Å²) in [5, 5.41) is 0. The number of likely N-dealkylation sites (N-methyl/N-ethyl adjacent to an activating group) is 1. The molecule has 0 aromatic heterocycles. The minimum Gasteiger partial charge on any atom is -0.376 e. The topological polar surface area (TPSA) is 116 Å². The third-order valence-electron chi connectivity index (χ3n) is 6.35. The van der Waals surface area contributed by atoms with Gasteiger partial charge in [0.15, 0.2) is 0 Å². The summed E-state index contributed by atoms with van der Waals surface area (Å²) in [6.07, 6.45) is 0.410. The Morgan fingerprint density at radius 2 is 1.86 bits per heavy atom. The lowest BCUT2D eigenvalue weighted by Crippen LogP contribution is -2.46. The van der Waals surface area contributed by atoms with E-state index in [1.807, 2.05) is 14.0 Å². The molecule has 0 spiro atoms. The summed E-state index contributed by atoms with van der Waals surface area (Å²) in [6, 6.07) is 0. The lowest BCUT2D eigenvalue weighted by Gasteiger charge is -2.37. The van der Waals surface area contributed by atoms with Crippen molar-refractivity contribution in [1.82, 2.24) is 14.2 Å². The molecule has 15 heteroatoms. The number of ether oxygens (including phenoxy) is 3. The molecule has 7 atom stereocenters. The van der Waals surface area contributed by atoms with E-state index in [2.05, 4.69) is 4.90 Å². The fourth-order valence-corrected chi connectivity index (χ4v) is 8.33. The van der Waals surface area contributed by atoms with Crippen molar-refractivity contribution in [2.75, 3.05) is 80.4 Å². The smallest absolute Gasteiger partial charge is 0.376 e. The van der Waals surface area contributed by atoms with Gasteiger partial charge < -0.3 is 23.6 Å². The maximum absolute atomic E-state index is 13.9. The minimum absolute atomic E-state index is 0.112. The first-order chi connectivity index (χ1) is 16.7. The van der Waals surface area contributed by atoms with Crippen molar-refractivity contribution < 1.29 is 41.5 Å². The van der Waals surface area contributed by atoms with Crippen LogP contribution in [0.15, 0.2) is 0 Å². The molecule has 0 radical (unpaired) electrons. The highest BCUT2D eigenvalue weighted by molar-refractivity contribution is 7.57. The Kier molecular flexibility index (Phi) is 12.1. The van der Waals surface area contributed by atoms with Crippen LogP contribution >= 0.6 is 24.4 Å². The second-order valence-electron chi connectivity index (χ2n) is 9.48. The van der Waals surface area contributed by atoms with Crippen LogP contribution in [0.4, 0.5) is 0 Å². The molecule has 12 nitrogen and oxygen atoms in total. The van der Waals surface area contributed by atoms with E-state index in [1.165, 1.54) is 0 Å². The van der Waals surface area contributed by atoms with Gasteiger partial charge in [-0.1, -0.05) is 4.67 Å². The average Bonchev–Trinajstić information content (AvgIpc) is 2.84. The average molecular weight is 558 g/mol. The predicted octanol–water partition coefficient (Wildman–Crippen LogP) is 2.62. The molecule has 3 aliphatic heterocycles. The lowest BCUT2D eigenvalue weighted by atomic mass is 10.1. The van der Waals surface area contributed by atoms with Crippen LogP contribution in [0.3, 0.4) is 0 Å². The van der Waals surface area contributed by atoms with Crippen molar-refractivity contribution in [3.8, 4) is 0 Å². The summed E-state index contributed by atoms with van der Waals surface area (Å²) < 4.78 is 74.6.